The minimum absolute atomic E-state index is 0.0995. The van der Waals surface area contributed by atoms with Crippen molar-refractivity contribution in [2.75, 3.05) is 5.32 Å². The topological polar surface area (TPSA) is 79.3 Å². The molecule has 0 bridgehead atoms. The average Bonchev–Trinajstić information content (AvgIpc) is 2.40. The molecular formula is C14H12N2O3. The standard InChI is InChI=1S/C14H12N2O3/c17-13(9-10-5-2-1-3-6-10)16-12-8-4-7-11(15-12)14(18)19/h1-8H,9H2,(H,18,19)(H,15,16,17). The Hall–Kier alpha value is -2.69. The van der Waals surface area contributed by atoms with Gasteiger partial charge in [-0.3, -0.25) is 4.79 Å². The molecule has 0 saturated heterocycles. The van der Waals surface area contributed by atoms with Gasteiger partial charge in [0.2, 0.25) is 5.91 Å². The van der Waals surface area contributed by atoms with Crippen molar-refractivity contribution < 1.29 is 14.7 Å². The first-order valence-electron chi connectivity index (χ1n) is 5.69. The molecule has 0 aliphatic carbocycles. The van der Waals surface area contributed by atoms with Gasteiger partial charge in [0, 0.05) is 0 Å². The molecule has 5 heteroatoms. The number of carboxylic acids is 1. The molecular weight excluding hydrogens is 244 g/mol. The Labute approximate surface area is 109 Å². The van der Waals surface area contributed by atoms with Crippen molar-refractivity contribution >= 4 is 17.7 Å². The summed E-state index contributed by atoms with van der Waals surface area (Å²) in [7, 11) is 0. The second-order valence-corrected chi connectivity index (χ2v) is 3.92. The fourth-order valence-corrected chi connectivity index (χ4v) is 1.59. The third kappa shape index (κ3) is 3.64. The number of amides is 1. The lowest BCUT2D eigenvalue weighted by Crippen LogP contribution is -2.16. The Morgan fingerprint density at radius 2 is 1.79 bits per heavy atom. The number of pyridine rings is 1. The largest absolute Gasteiger partial charge is 0.477 e. The van der Waals surface area contributed by atoms with Gasteiger partial charge in [0.15, 0.2) is 5.69 Å². The number of carbonyl (C=O) groups excluding carboxylic acids is 1. The number of aromatic carboxylic acids is 1. The smallest absolute Gasteiger partial charge is 0.354 e. The highest BCUT2D eigenvalue weighted by Gasteiger charge is 2.08. The van der Waals surface area contributed by atoms with Gasteiger partial charge < -0.3 is 10.4 Å². The van der Waals surface area contributed by atoms with E-state index in [1.807, 2.05) is 30.3 Å². The lowest BCUT2D eigenvalue weighted by Gasteiger charge is -2.05. The van der Waals surface area contributed by atoms with Crippen LogP contribution in [-0.2, 0) is 11.2 Å². The summed E-state index contributed by atoms with van der Waals surface area (Å²) in [5.41, 5.74) is 0.784. The maximum atomic E-state index is 11.8. The fourth-order valence-electron chi connectivity index (χ4n) is 1.59. The lowest BCUT2D eigenvalue weighted by atomic mass is 10.1. The molecule has 0 radical (unpaired) electrons. The molecule has 0 saturated carbocycles. The third-order valence-electron chi connectivity index (χ3n) is 2.44. The van der Waals surface area contributed by atoms with Crippen LogP contribution in [0.3, 0.4) is 0 Å². The maximum absolute atomic E-state index is 11.8. The highest BCUT2D eigenvalue weighted by molar-refractivity contribution is 5.92. The summed E-state index contributed by atoms with van der Waals surface area (Å²) >= 11 is 0. The number of carboxylic acid groups (broad SMARTS) is 1. The van der Waals surface area contributed by atoms with E-state index in [1.54, 1.807) is 6.07 Å². The zero-order valence-corrected chi connectivity index (χ0v) is 10.0. The van der Waals surface area contributed by atoms with Crippen molar-refractivity contribution in [1.82, 2.24) is 4.98 Å². The molecule has 0 unspecified atom stereocenters. The van der Waals surface area contributed by atoms with Crippen LogP contribution in [0.1, 0.15) is 16.1 Å². The predicted molar refractivity (Wildman–Crippen MR) is 70.0 cm³/mol. The highest BCUT2D eigenvalue weighted by Crippen LogP contribution is 2.06. The van der Waals surface area contributed by atoms with Gasteiger partial charge in [-0.25, -0.2) is 9.78 Å². The van der Waals surface area contributed by atoms with E-state index in [1.165, 1.54) is 12.1 Å². The van der Waals surface area contributed by atoms with Gasteiger partial charge in [0.1, 0.15) is 5.82 Å². The number of rotatable bonds is 4. The highest BCUT2D eigenvalue weighted by atomic mass is 16.4. The molecule has 2 N–H and O–H groups in total. The molecule has 0 aliphatic heterocycles. The Balaban J connectivity index is 2.03. The lowest BCUT2D eigenvalue weighted by molar-refractivity contribution is -0.115. The second-order valence-electron chi connectivity index (χ2n) is 3.92. The number of aromatic nitrogens is 1. The van der Waals surface area contributed by atoms with E-state index in [9.17, 15) is 9.59 Å². The SMILES string of the molecule is O=C(Cc1ccccc1)Nc1cccc(C(=O)O)n1. The first-order chi connectivity index (χ1) is 9.15. The minimum Gasteiger partial charge on any atom is -0.477 e. The normalized spacial score (nSPS) is 9.89. The zero-order valence-electron chi connectivity index (χ0n) is 10.0. The molecule has 1 heterocycles. The molecule has 0 aliphatic rings. The molecule has 96 valence electrons. The zero-order chi connectivity index (χ0) is 13.7. The second kappa shape index (κ2) is 5.77. The molecule has 0 atom stereocenters. The maximum Gasteiger partial charge on any atom is 0.354 e. The van der Waals surface area contributed by atoms with Crippen LogP contribution in [0.4, 0.5) is 5.82 Å². The van der Waals surface area contributed by atoms with Crippen LogP contribution in [0.25, 0.3) is 0 Å². The van der Waals surface area contributed by atoms with Crippen LogP contribution in [0.15, 0.2) is 48.5 Å². The minimum atomic E-state index is -1.13. The first-order valence-corrected chi connectivity index (χ1v) is 5.69. The molecule has 2 rings (SSSR count). The molecule has 1 amide bonds. The number of nitrogens with one attached hydrogen (secondary N) is 1. The van der Waals surface area contributed by atoms with Crippen molar-refractivity contribution in [1.29, 1.82) is 0 Å². The summed E-state index contributed by atoms with van der Waals surface area (Å²) in [6, 6.07) is 13.7. The van der Waals surface area contributed by atoms with Gasteiger partial charge >= 0.3 is 5.97 Å². The summed E-state index contributed by atoms with van der Waals surface area (Å²) in [5.74, 6) is -1.12. The molecule has 5 nitrogen and oxygen atoms in total. The Morgan fingerprint density at radius 3 is 2.47 bits per heavy atom. The summed E-state index contributed by atoms with van der Waals surface area (Å²) in [5, 5.41) is 11.4. The summed E-state index contributed by atoms with van der Waals surface area (Å²) in [6.45, 7) is 0. The van der Waals surface area contributed by atoms with Crippen LogP contribution in [0.5, 0.6) is 0 Å². The van der Waals surface area contributed by atoms with Gasteiger partial charge in [0.25, 0.3) is 0 Å². The van der Waals surface area contributed by atoms with Crippen molar-refractivity contribution in [3.8, 4) is 0 Å². The van der Waals surface area contributed by atoms with Crippen LogP contribution in [-0.4, -0.2) is 22.0 Å². The van der Waals surface area contributed by atoms with Crippen LogP contribution < -0.4 is 5.32 Å². The van der Waals surface area contributed by atoms with Crippen molar-refractivity contribution in [3.63, 3.8) is 0 Å². The quantitative estimate of drug-likeness (QED) is 0.876. The fraction of sp³-hybridized carbons (Fsp3) is 0.0714. The molecule has 0 fully saturated rings. The van der Waals surface area contributed by atoms with E-state index in [-0.39, 0.29) is 23.8 Å². The van der Waals surface area contributed by atoms with Gasteiger partial charge in [-0.1, -0.05) is 36.4 Å². The molecule has 1 aromatic carbocycles. The van der Waals surface area contributed by atoms with E-state index in [0.717, 1.165) is 5.56 Å². The monoisotopic (exact) mass is 256 g/mol. The van der Waals surface area contributed by atoms with Crippen LogP contribution in [0, 0.1) is 0 Å². The summed E-state index contributed by atoms with van der Waals surface area (Å²) in [6.07, 6.45) is 0.222. The summed E-state index contributed by atoms with van der Waals surface area (Å²) < 4.78 is 0. The van der Waals surface area contributed by atoms with Crippen molar-refractivity contribution in [3.05, 3.63) is 59.8 Å². The van der Waals surface area contributed by atoms with E-state index in [4.69, 9.17) is 5.11 Å². The molecule has 2 aromatic rings. The number of carbonyl (C=O) groups is 2. The Bertz CT molecular complexity index is 597. The van der Waals surface area contributed by atoms with Gasteiger partial charge in [0.05, 0.1) is 6.42 Å². The van der Waals surface area contributed by atoms with Gasteiger partial charge in [-0.2, -0.15) is 0 Å². The van der Waals surface area contributed by atoms with Crippen molar-refractivity contribution in [2.24, 2.45) is 0 Å². The first kappa shape index (κ1) is 12.8. The molecule has 0 spiro atoms. The Kier molecular flexibility index (Phi) is 3.87. The van der Waals surface area contributed by atoms with Crippen LogP contribution >= 0.6 is 0 Å². The van der Waals surface area contributed by atoms with E-state index in [2.05, 4.69) is 10.3 Å². The third-order valence-corrected chi connectivity index (χ3v) is 2.44. The van der Waals surface area contributed by atoms with Crippen molar-refractivity contribution in [2.45, 2.75) is 6.42 Å². The number of nitrogens with zero attached hydrogens (tertiary/aromatic N) is 1. The van der Waals surface area contributed by atoms with E-state index >= 15 is 0 Å². The number of hydrogen-bond acceptors (Lipinski definition) is 3. The summed E-state index contributed by atoms with van der Waals surface area (Å²) in [4.78, 5) is 26.3. The number of hydrogen-bond donors (Lipinski definition) is 2. The Morgan fingerprint density at radius 1 is 1.05 bits per heavy atom. The van der Waals surface area contributed by atoms with Crippen LogP contribution in [0.2, 0.25) is 0 Å². The number of benzene rings is 1. The predicted octanol–water partition coefficient (Wildman–Crippen LogP) is 1.96. The average molecular weight is 256 g/mol. The number of anilines is 1. The van der Waals surface area contributed by atoms with E-state index < -0.39 is 5.97 Å². The molecule has 19 heavy (non-hydrogen) atoms. The molecule has 1 aromatic heterocycles. The van der Waals surface area contributed by atoms with Gasteiger partial charge in [-0.05, 0) is 17.7 Å². The van der Waals surface area contributed by atoms with Gasteiger partial charge in [-0.15, -0.1) is 0 Å². The van der Waals surface area contributed by atoms with E-state index in [0.29, 0.717) is 0 Å².